The summed E-state index contributed by atoms with van der Waals surface area (Å²) >= 11 is 0. The number of hydrogen-bond donors (Lipinski definition) is 0. The van der Waals surface area contributed by atoms with Crippen LogP contribution < -0.4 is 0 Å². The molecule has 0 spiro atoms. The quantitative estimate of drug-likeness (QED) is 0.269. The monoisotopic (exact) mass is 343 g/mol. The van der Waals surface area contributed by atoms with E-state index in [0.717, 1.165) is 12.1 Å². The number of carbonyl (C=O) groups is 1. The van der Waals surface area contributed by atoms with Crippen molar-refractivity contribution in [2.24, 2.45) is 0 Å². The molecule has 7 heteroatoms. The molecule has 0 amide bonds. The summed E-state index contributed by atoms with van der Waals surface area (Å²) in [6.45, 7) is 10.4. The molecule has 130 valence electrons. The second kappa shape index (κ2) is 8.81. The standard InChI is InChI=1S/C9H18NO2.C7H8O3S/c1-6-10(4,5)7-12-9(11)8(2)3;1-6-2-4-7(5-3-6)11(8,9)10/h2,6-7H2,1,3-5H3;2-5H,1H3,(H,8,9,10)/q+1;/p-1. The van der Waals surface area contributed by atoms with Gasteiger partial charge in [0.2, 0.25) is 6.73 Å². The van der Waals surface area contributed by atoms with Gasteiger partial charge in [0.1, 0.15) is 10.1 Å². The van der Waals surface area contributed by atoms with Crippen molar-refractivity contribution in [2.75, 3.05) is 27.4 Å². The van der Waals surface area contributed by atoms with E-state index in [2.05, 4.69) is 13.5 Å². The highest BCUT2D eigenvalue weighted by Gasteiger charge is 2.14. The van der Waals surface area contributed by atoms with Crippen molar-refractivity contribution in [3.8, 4) is 0 Å². The molecule has 0 aliphatic rings. The minimum absolute atomic E-state index is 0.178. The molecule has 0 saturated heterocycles. The molecule has 0 unspecified atom stereocenters. The van der Waals surface area contributed by atoms with Crippen molar-refractivity contribution in [1.82, 2.24) is 0 Å². The van der Waals surface area contributed by atoms with Gasteiger partial charge in [0.15, 0.2) is 0 Å². The highest BCUT2D eigenvalue weighted by atomic mass is 32.2. The molecule has 0 fully saturated rings. The van der Waals surface area contributed by atoms with Gasteiger partial charge in [-0.05, 0) is 32.9 Å². The highest BCUT2D eigenvalue weighted by molar-refractivity contribution is 7.85. The molecule has 0 heterocycles. The molecule has 1 rings (SSSR count). The van der Waals surface area contributed by atoms with E-state index in [9.17, 15) is 17.8 Å². The van der Waals surface area contributed by atoms with Crippen LogP contribution in [0.25, 0.3) is 0 Å². The number of carbonyl (C=O) groups excluding carboxylic acids is 1. The zero-order valence-corrected chi connectivity index (χ0v) is 15.1. The maximum absolute atomic E-state index is 11.0. The van der Waals surface area contributed by atoms with Crippen molar-refractivity contribution in [1.29, 1.82) is 0 Å². The van der Waals surface area contributed by atoms with Gasteiger partial charge >= 0.3 is 5.97 Å². The summed E-state index contributed by atoms with van der Waals surface area (Å²) in [6, 6.07) is 5.78. The Morgan fingerprint density at radius 1 is 1.26 bits per heavy atom. The third-order valence-electron chi connectivity index (χ3n) is 3.06. The molecule has 6 nitrogen and oxygen atoms in total. The minimum atomic E-state index is -4.27. The molecule has 0 atom stereocenters. The number of quaternary nitrogens is 1. The molecular weight excluding hydrogens is 318 g/mol. The first kappa shape index (κ1) is 21.3. The average molecular weight is 343 g/mol. The summed E-state index contributed by atoms with van der Waals surface area (Å²) in [7, 11) is -0.258. The summed E-state index contributed by atoms with van der Waals surface area (Å²) in [6.07, 6.45) is 0. The Labute approximate surface area is 138 Å². The van der Waals surface area contributed by atoms with Gasteiger partial charge in [-0.3, -0.25) is 4.48 Å². The van der Waals surface area contributed by atoms with Crippen molar-refractivity contribution in [3.05, 3.63) is 42.0 Å². The molecule has 0 saturated carbocycles. The van der Waals surface area contributed by atoms with Crippen LogP contribution in [-0.2, 0) is 19.6 Å². The van der Waals surface area contributed by atoms with Gasteiger partial charge < -0.3 is 9.29 Å². The van der Waals surface area contributed by atoms with Gasteiger partial charge in [-0.1, -0.05) is 24.3 Å². The van der Waals surface area contributed by atoms with E-state index in [0.29, 0.717) is 16.8 Å². The normalized spacial score (nSPS) is 11.2. The van der Waals surface area contributed by atoms with Gasteiger partial charge in [-0.25, -0.2) is 13.2 Å². The fourth-order valence-electron chi connectivity index (χ4n) is 1.15. The van der Waals surface area contributed by atoms with E-state index >= 15 is 0 Å². The fourth-order valence-corrected chi connectivity index (χ4v) is 1.62. The topological polar surface area (TPSA) is 83.5 Å². The zero-order valence-electron chi connectivity index (χ0n) is 14.3. The Bertz CT molecular complexity index is 633. The van der Waals surface area contributed by atoms with Crippen LogP contribution in [0.15, 0.2) is 41.3 Å². The summed E-state index contributed by atoms with van der Waals surface area (Å²) < 4.78 is 36.8. The summed E-state index contributed by atoms with van der Waals surface area (Å²) in [5, 5.41) is 0. The van der Waals surface area contributed by atoms with Crippen LogP contribution in [0.1, 0.15) is 19.4 Å². The second-order valence-electron chi connectivity index (χ2n) is 5.86. The van der Waals surface area contributed by atoms with E-state index in [1.54, 1.807) is 19.1 Å². The van der Waals surface area contributed by atoms with E-state index in [1.165, 1.54) is 12.1 Å². The largest absolute Gasteiger partial charge is 0.744 e. The third kappa shape index (κ3) is 9.12. The van der Waals surface area contributed by atoms with Gasteiger partial charge in [0.05, 0.1) is 25.5 Å². The predicted molar refractivity (Wildman–Crippen MR) is 87.6 cm³/mol. The number of rotatable bonds is 5. The van der Waals surface area contributed by atoms with Gasteiger partial charge in [0.25, 0.3) is 0 Å². The molecule has 1 aromatic carbocycles. The number of ether oxygens (including phenoxy) is 1. The maximum atomic E-state index is 11.0. The molecule has 0 bridgehead atoms. The van der Waals surface area contributed by atoms with E-state index in [-0.39, 0.29) is 10.9 Å². The van der Waals surface area contributed by atoms with Crippen LogP contribution in [0.3, 0.4) is 0 Å². The Balaban J connectivity index is 0.000000422. The first-order valence-corrected chi connectivity index (χ1v) is 8.47. The highest BCUT2D eigenvalue weighted by Crippen LogP contribution is 2.08. The SMILES string of the molecule is C=C(C)C(=O)OC[N+](C)(C)CC.Cc1ccc(S(=O)(=O)[O-])cc1. The molecule has 0 aliphatic carbocycles. The zero-order chi connectivity index (χ0) is 18.3. The number of nitrogens with zero attached hydrogens (tertiary/aromatic N) is 1. The molecular formula is C16H25NO5S. The Morgan fingerprint density at radius 3 is 2.09 bits per heavy atom. The van der Waals surface area contributed by atoms with Crippen molar-refractivity contribution >= 4 is 16.1 Å². The van der Waals surface area contributed by atoms with Crippen molar-refractivity contribution < 1.29 is 27.0 Å². The van der Waals surface area contributed by atoms with Crippen LogP contribution in [0, 0.1) is 6.92 Å². The van der Waals surface area contributed by atoms with Crippen LogP contribution in [-0.4, -0.2) is 50.8 Å². The van der Waals surface area contributed by atoms with Gasteiger partial charge in [-0.15, -0.1) is 0 Å². The van der Waals surface area contributed by atoms with E-state index < -0.39 is 10.1 Å². The molecule has 0 aliphatic heterocycles. The second-order valence-corrected chi connectivity index (χ2v) is 7.24. The molecule has 23 heavy (non-hydrogen) atoms. The fraction of sp³-hybridized carbons (Fsp3) is 0.438. The first-order chi connectivity index (χ1) is 10.4. The number of aryl methyl sites for hydroxylation is 1. The third-order valence-corrected chi connectivity index (χ3v) is 3.91. The van der Waals surface area contributed by atoms with Crippen LogP contribution in [0.5, 0.6) is 0 Å². The molecule has 0 aromatic heterocycles. The molecule has 0 radical (unpaired) electrons. The lowest BCUT2D eigenvalue weighted by Gasteiger charge is -2.26. The first-order valence-electron chi connectivity index (χ1n) is 7.06. The summed E-state index contributed by atoms with van der Waals surface area (Å²) in [5.74, 6) is -0.311. The Kier molecular flexibility index (Phi) is 8.16. The Hall–Kier alpha value is -1.70. The van der Waals surface area contributed by atoms with Crippen LogP contribution >= 0.6 is 0 Å². The van der Waals surface area contributed by atoms with Gasteiger partial charge in [0, 0.05) is 5.57 Å². The number of benzene rings is 1. The Morgan fingerprint density at radius 2 is 1.74 bits per heavy atom. The van der Waals surface area contributed by atoms with Crippen LogP contribution in [0.4, 0.5) is 0 Å². The minimum Gasteiger partial charge on any atom is -0.744 e. The summed E-state index contributed by atoms with van der Waals surface area (Å²) in [4.78, 5) is 10.8. The number of esters is 1. The lowest BCUT2D eigenvalue weighted by atomic mass is 10.2. The van der Waals surface area contributed by atoms with Gasteiger partial charge in [-0.2, -0.15) is 0 Å². The summed E-state index contributed by atoms with van der Waals surface area (Å²) in [5.41, 5.74) is 1.38. The predicted octanol–water partition coefficient (Wildman–Crippen LogP) is 2.06. The molecule has 0 N–H and O–H groups in total. The maximum Gasteiger partial charge on any atom is 0.337 e. The lowest BCUT2D eigenvalue weighted by molar-refractivity contribution is -0.905. The van der Waals surface area contributed by atoms with Crippen molar-refractivity contribution in [3.63, 3.8) is 0 Å². The lowest BCUT2D eigenvalue weighted by Crippen LogP contribution is -2.41. The molecule has 1 aromatic rings. The van der Waals surface area contributed by atoms with E-state index in [4.69, 9.17) is 4.74 Å². The number of hydrogen-bond acceptors (Lipinski definition) is 5. The van der Waals surface area contributed by atoms with Crippen LogP contribution in [0.2, 0.25) is 0 Å². The van der Waals surface area contributed by atoms with E-state index in [1.807, 2.05) is 21.0 Å². The smallest absolute Gasteiger partial charge is 0.337 e. The average Bonchev–Trinajstić information content (AvgIpc) is 2.45. The van der Waals surface area contributed by atoms with Crippen molar-refractivity contribution in [2.45, 2.75) is 25.7 Å².